The first-order valence-corrected chi connectivity index (χ1v) is 8.63. The number of morpholine rings is 1. The van der Waals surface area contributed by atoms with Crippen molar-refractivity contribution in [3.05, 3.63) is 29.8 Å². The molecule has 6 nitrogen and oxygen atoms in total. The van der Waals surface area contributed by atoms with Gasteiger partial charge in [-0.1, -0.05) is 25.1 Å². The zero-order valence-electron chi connectivity index (χ0n) is 14.2. The minimum Gasteiger partial charge on any atom is -0.378 e. The predicted molar refractivity (Wildman–Crippen MR) is 91.7 cm³/mol. The van der Waals surface area contributed by atoms with E-state index in [1.807, 2.05) is 18.2 Å². The fraction of sp³-hybridized carbons (Fsp3) is 0.556. The van der Waals surface area contributed by atoms with Crippen LogP contribution >= 0.6 is 0 Å². The van der Waals surface area contributed by atoms with Gasteiger partial charge in [-0.3, -0.25) is 9.59 Å². The summed E-state index contributed by atoms with van der Waals surface area (Å²) in [6.07, 6.45) is 0.971. The minimum atomic E-state index is -0.513. The standard InChI is InChI=1S/C18H25N3O3/c1-14-6-7-21(13-14)18(23)17(22)19-12-15-4-2-3-5-16(15)20-8-10-24-11-9-20/h2-5,14H,6-13H2,1H3,(H,19,22). The molecule has 6 heteroatoms. The first kappa shape index (κ1) is 16.8. The molecule has 1 aromatic carbocycles. The number of likely N-dealkylation sites (tertiary alicyclic amines) is 1. The molecule has 1 atom stereocenters. The molecule has 130 valence electrons. The zero-order valence-corrected chi connectivity index (χ0v) is 14.2. The van der Waals surface area contributed by atoms with Gasteiger partial charge in [-0.15, -0.1) is 0 Å². The quantitative estimate of drug-likeness (QED) is 0.840. The Bertz CT molecular complexity index is 599. The largest absolute Gasteiger partial charge is 0.378 e. The molecule has 0 radical (unpaired) electrons. The van der Waals surface area contributed by atoms with Gasteiger partial charge < -0.3 is 19.9 Å². The molecule has 2 heterocycles. The van der Waals surface area contributed by atoms with E-state index in [0.717, 1.165) is 30.8 Å². The van der Waals surface area contributed by atoms with Gasteiger partial charge in [-0.2, -0.15) is 0 Å². The highest BCUT2D eigenvalue weighted by Crippen LogP contribution is 2.21. The number of benzene rings is 1. The van der Waals surface area contributed by atoms with Crippen LogP contribution < -0.4 is 10.2 Å². The lowest BCUT2D eigenvalue weighted by molar-refractivity contribution is -0.145. The average Bonchev–Trinajstić information content (AvgIpc) is 3.06. The molecule has 2 amide bonds. The summed E-state index contributed by atoms with van der Waals surface area (Å²) >= 11 is 0. The second-order valence-electron chi connectivity index (χ2n) is 6.56. The Kier molecular flexibility index (Phi) is 5.35. The molecule has 0 spiro atoms. The highest BCUT2D eigenvalue weighted by Gasteiger charge is 2.27. The van der Waals surface area contributed by atoms with Gasteiger partial charge in [0.25, 0.3) is 0 Å². The van der Waals surface area contributed by atoms with Crippen molar-refractivity contribution in [3.8, 4) is 0 Å². The number of nitrogens with zero attached hydrogens (tertiary/aromatic N) is 2. The summed E-state index contributed by atoms with van der Waals surface area (Å²) in [4.78, 5) is 28.3. The van der Waals surface area contributed by atoms with Gasteiger partial charge in [-0.25, -0.2) is 0 Å². The van der Waals surface area contributed by atoms with Crippen LogP contribution in [0.5, 0.6) is 0 Å². The SMILES string of the molecule is CC1CCN(C(=O)C(=O)NCc2ccccc2N2CCOCC2)C1. The molecular weight excluding hydrogens is 306 g/mol. The number of hydrogen-bond acceptors (Lipinski definition) is 4. The molecule has 1 N–H and O–H groups in total. The molecule has 2 fully saturated rings. The summed E-state index contributed by atoms with van der Waals surface area (Å²) in [7, 11) is 0. The maximum absolute atomic E-state index is 12.2. The molecule has 0 aliphatic carbocycles. The van der Waals surface area contributed by atoms with E-state index >= 15 is 0 Å². The normalized spacial score (nSPS) is 21.0. The van der Waals surface area contributed by atoms with Crippen molar-refractivity contribution in [3.63, 3.8) is 0 Å². The number of hydrogen-bond donors (Lipinski definition) is 1. The monoisotopic (exact) mass is 331 g/mol. The second-order valence-corrected chi connectivity index (χ2v) is 6.56. The Balaban J connectivity index is 1.60. The predicted octanol–water partition coefficient (Wildman–Crippen LogP) is 1.01. The Morgan fingerprint density at radius 1 is 1.21 bits per heavy atom. The Morgan fingerprint density at radius 2 is 1.96 bits per heavy atom. The molecule has 2 aliphatic rings. The van der Waals surface area contributed by atoms with Crippen molar-refractivity contribution < 1.29 is 14.3 Å². The van der Waals surface area contributed by atoms with Crippen LogP contribution in [0.1, 0.15) is 18.9 Å². The van der Waals surface area contributed by atoms with E-state index < -0.39 is 11.8 Å². The van der Waals surface area contributed by atoms with E-state index in [9.17, 15) is 9.59 Å². The number of rotatable bonds is 3. The molecule has 2 aliphatic heterocycles. The Hall–Kier alpha value is -2.08. The molecule has 0 aromatic heterocycles. The van der Waals surface area contributed by atoms with Gasteiger partial charge in [0.1, 0.15) is 0 Å². The number of carbonyl (C=O) groups is 2. The summed E-state index contributed by atoms with van der Waals surface area (Å²) < 4.78 is 5.39. The van der Waals surface area contributed by atoms with Gasteiger partial charge in [0.2, 0.25) is 0 Å². The van der Waals surface area contributed by atoms with Crippen LogP contribution in [0.3, 0.4) is 0 Å². The first-order valence-electron chi connectivity index (χ1n) is 8.63. The van der Waals surface area contributed by atoms with Crippen molar-refractivity contribution >= 4 is 17.5 Å². The third-order valence-corrected chi connectivity index (χ3v) is 4.69. The Labute approximate surface area is 142 Å². The van der Waals surface area contributed by atoms with Gasteiger partial charge in [0.15, 0.2) is 0 Å². The lowest BCUT2D eigenvalue weighted by Crippen LogP contribution is -2.42. The van der Waals surface area contributed by atoms with Crippen molar-refractivity contribution in [2.45, 2.75) is 19.9 Å². The summed E-state index contributed by atoms with van der Waals surface area (Å²) in [6.45, 7) is 6.93. The lowest BCUT2D eigenvalue weighted by Gasteiger charge is -2.30. The van der Waals surface area contributed by atoms with E-state index in [1.54, 1.807) is 4.90 Å². The molecule has 2 saturated heterocycles. The summed E-state index contributed by atoms with van der Waals surface area (Å²) in [5.41, 5.74) is 2.12. The zero-order chi connectivity index (χ0) is 16.9. The molecule has 3 rings (SSSR count). The number of nitrogens with one attached hydrogen (secondary N) is 1. The highest BCUT2D eigenvalue weighted by atomic mass is 16.5. The highest BCUT2D eigenvalue weighted by molar-refractivity contribution is 6.35. The minimum absolute atomic E-state index is 0.363. The summed E-state index contributed by atoms with van der Waals surface area (Å²) in [5.74, 6) is -0.451. The fourth-order valence-corrected chi connectivity index (χ4v) is 3.29. The molecule has 1 unspecified atom stereocenters. The first-order chi connectivity index (χ1) is 11.6. The van der Waals surface area contributed by atoms with E-state index in [4.69, 9.17) is 4.74 Å². The van der Waals surface area contributed by atoms with Crippen LogP contribution in [0.4, 0.5) is 5.69 Å². The van der Waals surface area contributed by atoms with Crippen molar-refractivity contribution in [1.29, 1.82) is 0 Å². The molecule has 1 aromatic rings. The number of ether oxygens (including phenoxy) is 1. The van der Waals surface area contributed by atoms with Crippen molar-refractivity contribution in [2.75, 3.05) is 44.3 Å². The molecule has 0 bridgehead atoms. The number of anilines is 1. The van der Waals surface area contributed by atoms with E-state index in [-0.39, 0.29) is 0 Å². The molecule has 24 heavy (non-hydrogen) atoms. The van der Waals surface area contributed by atoms with Crippen LogP contribution in [-0.2, 0) is 20.9 Å². The molecular formula is C18H25N3O3. The van der Waals surface area contributed by atoms with E-state index in [0.29, 0.717) is 38.8 Å². The van der Waals surface area contributed by atoms with Crippen LogP contribution in [-0.4, -0.2) is 56.1 Å². The smallest absolute Gasteiger partial charge is 0.311 e. The maximum atomic E-state index is 12.2. The third kappa shape index (κ3) is 3.87. The number of carbonyl (C=O) groups excluding carboxylic acids is 2. The lowest BCUT2D eigenvalue weighted by atomic mass is 10.1. The van der Waals surface area contributed by atoms with Crippen LogP contribution in [0.2, 0.25) is 0 Å². The molecule has 0 saturated carbocycles. The fourth-order valence-electron chi connectivity index (χ4n) is 3.29. The third-order valence-electron chi connectivity index (χ3n) is 4.69. The number of para-hydroxylation sites is 1. The van der Waals surface area contributed by atoms with E-state index in [2.05, 4.69) is 23.2 Å². The van der Waals surface area contributed by atoms with Crippen LogP contribution in [0.25, 0.3) is 0 Å². The van der Waals surface area contributed by atoms with Crippen LogP contribution in [0, 0.1) is 5.92 Å². The van der Waals surface area contributed by atoms with Crippen LogP contribution in [0.15, 0.2) is 24.3 Å². The van der Waals surface area contributed by atoms with Crippen molar-refractivity contribution in [2.24, 2.45) is 5.92 Å². The van der Waals surface area contributed by atoms with E-state index in [1.165, 1.54) is 0 Å². The van der Waals surface area contributed by atoms with Gasteiger partial charge in [0, 0.05) is 38.4 Å². The maximum Gasteiger partial charge on any atom is 0.311 e. The summed E-state index contributed by atoms with van der Waals surface area (Å²) in [6, 6.07) is 7.99. The van der Waals surface area contributed by atoms with Gasteiger partial charge >= 0.3 is 11.8 Å². The average molecular weight is 331 g/mol. The van der Waals surface area contributed by atoms with Gasteiger partial charge in [0.05, 0.1) is 13.2 Å². The number of amides is 2. The van der Waals surface area contributed by atoms with Gasteiger partial charge in [-0.05, 0) is 24.0 Å². The summed E-state index contributed by atoms with van der Waals surface area (Å²) in [5, 5.41) is 2.78. The topological polar surface area (TPSA) is 61.9 Å². The Morgan fingerprint density at radius 3 is 2.67 bits per heavy atom. The van der Waals surface area contributed by atoms with Crippen molar-refractivity contribution in [1.82, 2.24) is 10.2 Å². The second kappa shape index (κ2) is 7.66.